The average molecular weight is 483 g/mol. The maximum Gasteiger partial charge on any atom is 0.254 e. The highest BCUT2D eigenvalue weighted by atomic mass is 16.5. The van der Waals surface area contributed by atoms with Gasteiger partial charge >= 0.3 is 0 Å². The van der Waals surface area contributed by atoms with Gasteiger partial charge < -0.3 is 19.2 Å². The molecule has 2 aromatic carbocycles. The zero-order valence-electron chi connectivity index (χ0n) is 20.6. The lowest BCUT2D eigenvalue weighted by Crippen LogP contribution is -2.49. The molecule has 2 fully saturated rings. The van der Waals surface area contributed by atoms with E-state index in [0.29, 0.717) is 37.5 Å². The summed E-state index contributed by atoms with van der Waals surface area (Å²) in [6, 6.07) is 17.5. The fraction of sp³-hybridized carbons (Fsp3) is 0.357. The molecule has 2 aliphatic heterocycles. The number of nitrogens with zero attached hydrogens (tertiary/aromatic N) is 6. The first kappa shape index (κ1) is 22.5. The number of carbonyl (C=O) groups is 1. The molecule has 6 rings (SSSR count). The van der Waals surface area contributed by atoms with Crippen molar-refractivity contribution in [3.63, 3.8) is 0 Å². The second kappa shape index (κ2) is 9.60. The molecule has 0 unspecified atom stereocenters. The minimum atomic E-state index is 0.0240. The van der Waals surface area contributed by atoms with Crippen molar-refractivity contribution in [1.82, 2.24) is 20.0 Å². The van der Waals surface area contributed by atoms with E-state index in [4.69, 9.17) is 14.5 Å². The van der Waals surface area contributed by atoms with E-state index < -0.39 is 0 Å². The Bertz CT molecular complexity index is 1370. The van der Waals surface area contributed by atoms with Crippen molar-refractivity contribution in [3.8, 4) is 11.3 Å². The average Bonchev–Trinajstić information content (AvgIpc) is 3.37. The molecule has 0 atom stereocenters. The predicted octanol–water partition coefficient (Wildman–Crippen LogP) is 4.55. The number of rotatable bonds is 4. The van der Waals surface area contributed by atoms with Gasteiger partial charge in [0.15, 0.2) is 5.76 Å². The number of carbonyl (C=O) groups excluding carboxylic acids is 1. The molecule has 0 bridgehead atoms. The zero-order valence-corrected chi connectivity index (χ0v) is 20.6. The Kier molecular flexibility index (Phi) is 6.01. The van der Waals surface area contributed by atoms with E-state index in [1.165, 1.54) is 19.3 Å². The van der Waals surface area contributed by atoms with E-state index in [1.54, 1.807) is 0 Å². The van der Waals surface area contributed by atoms with E-state index in [-0.39, 0.29) is 5.91 Å². The molecular formula is C28H30N6O2. The molecule has 0 radical (unpaired) electrons. The van der Waals surface area contributed by atoms with Crippen molar-refractivity contribution in [2.75, 3.05) is 49.1 Å². The summed E-state index contributed by atoms with van der Waals surface area (Å²) in [5.74, 6) is 2.50. The van der Waals surface area contributed by atoms with E-state index in [9.17, 15) is 4.79 Å². The third-order valence-corrected chi connectivity index (χ3v) is 7.12. The van der Waals surface area contributed by atoms with Gasteiger partial charge in [0.1, 0.15) is 11.3 Å². The number of benzene rings is 2. The molecule has 8 nitrogen and oxygen atoms in total. The number of piperazine rings is 1. The largest absolute Gasteiger partial charge is 0.356 e. The summed E-state index contributed by atoms with van der Waals surface area (Å²) in [4.78, 5) is 29.5. The number of aryl methyl sites for hydroxylation is 1. The van der Waals surface area contributed by atoms with Crippen LogP contribution < -0.4 is 9.80 Å². The molecule has 0 saturated carbocycles. The quantitative estimate of drug-likeness (QED) is 0.422. The third-order valence-electron chi connectivity index (χ3n) is 7.12. The van der Waals surface area contributed by atoms with Gasteiger partial charge in [0.05, 0.1) is 5.39 Å². The summed E-state index contributed by atoms with van der Waals surface area (Å²) in [7, 11) is 0. The summed E-state index contributed by atoms with van der Waals surface area (Å²) in [5, 5.41) is 5.03. The van der Waals surface area contributed by atoms with Crippen molar-refractivity contribution in [2.24, 2.45) is 0 Å². The number of amides is 1. The van der Waals surface area contributed by atoms with E-state index in [2.05, 4.69) is 21.0 Å². The van der Waals surface area contributed by atoms with Crippen LogP contribution in [0.5, 0.6) is 0 Å². The van der Waals surface area contributed by atoms with Crippen LogP contribution in [0, 0.1) is 6.92 Å². The first-order chi connectivity index (χ1) is 17.7. The van der Waals surface area contributed by atoms with E-state index in [0.717, 1.165) is 47.0 Å². The van der Waals surface area contributed by atoms with Crippen LogP contribution in [0.2, 0.25) is 0 Å². The summed E-state index contributed by atoms with van der Waals surface area (Å²) in [5.41, 5.74) is 3.32. The lowest BCUT2D eigenvalue weighted by molar-refractivity contribution is 0.0746. The SMILES string of the molecule is Cc1cc(N2CCCCC2)nc(N2CCN(C(=O)c3ccc4noc(-c5ccccc5)c4c3)CC2)n1. The molecule has 2 aromatic heterocycles. The van der Waals surface area contributed by atoms with Crippen molar-refractivity contribution >= 4 is 28.6 Å². The highest BCUT2D eigenvalue weighted by Gasteiger charge is 2.25. The molecule has 1 amide bonds. The second-order valence-corrected chi connectivity index (χ2v) is 9.60. The molecular weight excluding hydrogens is 452 g/mol. The zero-order chi connectivity index (χ0) is 24.5. The van der Waals surface area contributed by atoms with Gasteiger partial charge in [0, 0.05) is 62.2 Å². The van der Waals surface area contributed by atoms with Gasteiger partial charge in [-0.1, -0.05) is 35.5 Å². The normalized spacial score (nSPS) is 16.5. The number of fused-ring (bicyclic) bond motifs is 1. The summed E-state index contributed by atoms with van der Waals surface area (Å²) >= 11 is 0. The highest BCUT2D eigenvalue weighted by molar-refractivity contribution is 6.01. The van der Waals surface area contributed by atoms with Crippen LogP contribution in [0.1, 0.15) is 35.3 Å². The monoisotopic (exact) mass is 482 g/mol. The fourth-order valence-electron chi connectivity index (χ4n) is 5.13. The van der Waals surface area contributed by atoms with Gasteiger partial charge in [-0.25, -0.2) is 4.98 Å². The van der Waals surface area contributed by atoms with Crippen LogP contribution >= 0.6 is 0 Å². The minimum absolute atomic E-state index is 0.0240. The topological polar surface area (TPSA) is 78.6 Å². The number of aromatic nitrogens is 3. The summed E-state index contributed by atoms with van der Waals surface area (Å²) < 4.78 is 5.61. The first-order valence-corrected chi connectivity index (χ1v) is 12.8. The van der Waals surface area contributed by atoms with Crippen LogP contribution in [-0.4, -0.2) is 65.2 Å². The predicted molar refractivity (Wildman–Crippen MR) is 140 cm³/mol. The molecule has 8 heteroatoms. The van der Waals surface area contributed by atoms with Crippen molar-refractivity contribution < 1.29 is 9.32 Å². The Morgan fingerprint density at radius 1 is 0.833 bits per heavy atom. The maximum atomic E-state index is 13.4. The molecule has 2 aliphatic rings. The van der Waals surface area contributed by atoms with Crippen LogP contribution in [0.15, 0.2) is 59.1 Å². The molecule has 2 saturated heterocycles. The van der Waals surface area contributed by atoms with E-state index >= 15 is 0 Å². The van der Waals surface area contributed by atoms with Gasteiger partial charge in [0.2, 0.25) is 5.95 Å². The Labute approximate surface area is 210 Å². The Hall–Kier alpha value is -3.94. The highest BCUT2D eigenvalue weighted by Crippen LogP contribution is 2.30. The first-order valence-electron chi connectivity index (χ1n) is 12.8. The Morgan fingerprint density at radius 2 is 1.61 bits per heavy atom. The molecule has 36 heavy (non-hydrogen) atoms. The standard InChI is InChI=1S/C28H30N6O2/c1-20-18-25(32-12-6-3-7-13-32)30-28(29-20)34-16-14-33(15-17-34)27(35)22-10-11-24-23(19-22)26(36-31-24)21-8-4-2-5-9-21/h2,4-5,8-11,18-19H,3,6-7,12-17H2,1H3. The molecule has 0 aliphatic carbocycles. The van der Waals surface area contributed by atoms with Gasteiger partial charge in [-0.05, 0) is 44.4 Å². The van der Waals surface area contributed by atoms with Gasteiger partial charge in [-0.3, -0.25) is 4.79 Å². The lowest BCUT2D eigenvalue weighted by atomic mass is 10.1. The molecule has 4 aromatic rings. The summed E-state index contributed by atoms with van der Waals surface area (Å²) in [6.45, 7) is 6.81. The van der Waals surface area contributed by atoms with Crippen LogP contribution in [0.3, 0.4) is 0 Å². The molecule has 0 spiro atoms. The summed E-state index contributed by atoms with van der Waals surface area (Å²) in [6.07, 6.45) is 3.72. The van der Waals surface area contributed by atoms with Crippen LogP contribution in [0.25, 0.3) is 22.2 Å². The molecule has 0 N–H and O–H groups in total. The Balaban J connectivity index is 1.17. The van der Waals surface area contributed by atoms with Gasteiger partial charge in [0.25, 0.3) is 5.91 Å². The van der Waals surface area contributed by atoms with Crippen LogP contribution in [-0.2, 0) is 0 Å². The van der Waals surface area contributed by atoms with Gasteiger partial charge in [-0.15, -0.1) is 0 Å². The second-order valence-electron chi connectivity index (χ2n) is 9.60. The van der Waals surface area contributed by atoms with Crippen molar-refractivity contribution in [3.05, 3.63) is 65.9 Å². The van der Waals surface area contributed by atoms with Crippen molar-refractivity contribution in [2.45, 2.75) is 26.2 Å². The smallest absolute Gasteiger partial charge is 0.254 e. The maximum absolute atomic E-state index is 13.4. The number of hydrogen-bond acceptors (Lipinski definition) is 7. The number of hydrogen-bond donors (Lipinski definition) is 0. The molecule has 4 heterocycles. The molecule has 184 valence electrons. The fourth-order valence-corrected chi connectivity index (χ4v) is 5.13. The lowest BCUT2D eigenvalue weighted by Gasteiger charge is -2.35. The number of anilines is 2. The third kappa shape index (κ3) is 4.39. The number of piperidine rings is 1. The van der Waals surface area contributed by atoms with Gasteiger partial charge in [-0.2, -0.15) is 4.98 Å². The van der Waals surface area contributed by atoms with Crippen molar-refractivity contribution in [1.29, 1.82) is 0 Å². The van der Waals surface area contributed by atoms with E-state index in [1.807, 2.05) is 60.4 Å². The minimum Gasteiger partial charge on any atom is -0.356 e. The Morgan fingerprint density at radius 3 is 2.39 bits per heavy atom. The van der Waals surface area contributed by atoms with Crippen LogP contribution in [0.4, 0.5) is 11.8 Å².